The summed E-state index contributed by atoms with van der Waals surface area (Å²) in [5.41, 5.74) is 1.52. The fraction of sp³-hybridized carbons (Fsp3) is 0.476. The van der Waals surface area contributed by atoms with Gasteiger partial charge in [-0.1, -0.05) is 30.4 Å². The number of aldehydes is 1. The van der Waals surface area contributed by atoms with Gasteiger partial charge in [0, 0.05) is 24.9 Å². The largest absolute Gasteiger partial charge is 0.460 e. The Balaban J connectivity index is 1.84. The van der Waals surface area contributed by atoms with Gasteiger partial charge < -0.3 is 9.64 Å². The summed E-state index contributed by atoms with van der Waals surface area (Å²) in [7, 11) is 0. The molecule has 5 nitrogen and oxygen atoms in total. The van der Waals surface area contributed by atoms with Crippen LogP contribution in [-0.2, 0) is 20.9 Å². The Kier molecular flexibility index (Phi) is 6.21. The Morgan fingerprint density at radius 3 is 2.73 bits per heavy atom. The van der Waals surface area contributed by atoms with Gasteiger partial charge in [-0.05, 0) is 43.7 Å². The van der Waals surface area contributed by atoms with Crippen molar-refractivity contribution < 1.29 is 19.1 Å². The third-order valence-corrected chi connectivity index (χ3v) is 5.07. The van der Waals surface area contributed by atoms with Gasteiger partial charge >= 0.3 is 5.97 Å². The molecule has 26 heavy (non-hydrogen) atoms. The van der Waals surface area contributed by atoms with Gasteiger partial charge in [0.05, 0.1) is 6.04 Å². The minimum absolute atomic E-state index is 0.0691. The first-order chi connectivity index (χ1) is 12.7. The normalized spacial score (nSPS) is 25.6. The molecule has 0 radical (unpaired) electrons. The Morgan fingerprint density at radius 1 is 1.12 bits per heavy atom. The van der Waals surface area contributed by atoms with Crippen LogP contribution in [0.2, 0.25) is 0 Å². The Hall–Kier alpha value is -2.43. The lowest BCUT2D eigenvalue weighted by atomic mass is 10.1. The topological polar surface area (TPSA) is 63.7 Å². The number of nitrogens with zero attached hydrogens (tertiary/aromatic N) is 1. The molecule has 2 aliphatic rings. The van der Waals surface area contributed by atoms with Crippen LogP contribution in [0.1, 0.15) is 60.9 Å². The molecule has 1 aromatic carbocycles. The van der Waals surface area contributed by atoms with E-state index in [9.17, 15) is 14.4 Å². The average molecular weight is 355 g/mol. The molecule has 5 heteroatoms. The standard InChI is InChI=1S/C21H25NO4/c23-15-17-8-5-7-16(13-17)14-22-18-9-6-10-19(18)26-21(25)12-4-2-1-3-11-20(22)24/h1-2,5,7-8,13,15,18-19H,3-4,6,9-12,14H2/b2-1+/t18-,19-/m0/s1. The molecule has 0 N–H and O–H groups in total. The molecule has 1 saturated carbocycles. The summed E-state index contributed by atoms with van der Waals surface area (Å²) >= 11 is 0. The zero-order valence-electron chi connectivity index (χ0n) is 14.9. The van der Waals surface area contributed by atoms with Crippen LogP contribution in [0, 0.1) is 0 Å². The van der Waals surface area contributed by atoms with Gasteiger partial charge in [0.15, 0.2) is 0 Å². The predicted molar refractivity (Wildman–Crippen MR) is 97.5 cm³/mol. The molecule has 1 amide bonds. The van der Waals surface area contributed by atoms with Crippen molar-refractivity contribution in [1.29, 1.82) is 0 Å². The Labute approximate surface area is 154 Å². The third-order valence-electron chi connectivity index (χ3n) is 5.07. The second-order valence-corrected chi connectivity index (χ2v) is 6.96. The number of hydrogen-bond acceptors (Lipinski definition) is 4. The van der Waals surface area contributed by atoms with Gasteiger partial charge in [0.2, 0.25) is 5.91 Å². The molecular formula is C21H25NO4. The molecule has 3 rings (SSSR count). The smallest absolute Gasteiger partial charge is 0.306 e. The first-order valence-corrected chi connectivity index (χ1v) is 9.35. The lowest BCUT2D eigenvalue weighted by molar-refractivity contribution is -0.154. The van der Waals surface area contributed by atoms with Crippen molar-refractivity contribution in [1.82, 2.24) is 4.90 Å². The minimum Gasteiger partial charge on any atom is -0.460 e. The highest BCUT2D eigenvalue weighted by Crippen LogP contribution is 2.29. The molecule has 138 valence electrons. The van der Waals surface area contributed by atoms with Gasteiger partial charge in [-0.15, -0.1) is 0 Å². The van der Waals surface area contributed by atoms with Gasteiger partial charge in [-0.25, -0.2) is 0 Å². The summed E-state index contributed by atoms with van der Waals surface area (Å²) in [5.74, 6) is -0.123. The maximum absolute atomic E-state index is 12.9. The fourth-order valence-corrected chi connectivity index (χ4v) is 3.77. The van der Waals surface area contributed by atoms with Crippen LogP contribution in [0.25, 0.3) is 0 Å². The molecule has 1 aromatic rings. The number of ether oxygens (including phenoxy) is 1. The average Bonchev–Trinajstić information content (AvgIpc) is 3.09. The second-order valence-electron chi connectivity index (χ2n) is 6.96. The first kappa shape index (κ1) is 18.4. The van der Waals surface area contributed by atoms with Crippen molar-refractivity contribution in [3.8, 4) is 0 Å². The zero-order chi connectivity index (χ0) is 18.4. The summed E-state index contributed by atoms with van der Waals surface area (Å²) in [5, 5.41) is 0. The number of esters is 1. The lowest BCUT2D eigenvalue weighted by Crippen LogP contribution is -2.45. The van der Waals surface area contributed by atoms with Crippen molar-refractivity contribution in [2.45, 2.75) is 63.6 Å². The summed E-state index contributed by atoms with van der Waals surface area (Å²) in [6.07, 6.45) is 9.23. The number of rotatable bonds is 3. The molecule has 0 saturated heterocycles. The number of carbonyl (C=O) groups excluding carboxylic acids is 3. The molecule has 0 unspecified atom stereocenters. The molecular weight excluding hydrogens is 330 g/mol. The molecule has 1 heterocycles. The van der Waals surface area contributed by atoms with Crippen LogP contribution >= 0.6 is 0 Å². The number of benzene rings is 1. The third kappa shape index (κ3) is 4.59. The van der Waals surface area contributed by atoms with E-state index in [0.29, 0.717) is 37.8 Å². The number of allylic oxidation sites excluding steroid dienone is 2. The predicted octanol–water partition coefficient (Wildman–Crippen LogP) is 3.42. The second kappa shape index (κ2) is 8.79. The number of hydrogen-bond donors (Lipinski definition) is 0. The maximum Gasteiger partial charge on any atom is 0.306 e. The van der Waals surface area contributed by atoms with Gasteiger partial charge in [0.1, 0.15) is 12.4 Å². The van der Waals surface area contributed by atoms with E-state index in [0.717, 1.165) is 31.1 Å². The van der Waals surface area contributed by atoms with Gasteiger partial charge in [-0.3, -0.25) is 14.4 Å². The van der Waals surface area contributed by atoms with E-state index >= 15 is 0 Å². The Morgan fingerprint density at radius 2 is 1.92 bits per heavy atom. The SMILES string of the molecule is O=Cc1cccc(CN2C(=O)CC/C=C/CCC(=O)O[C@H]3CCC[C@@H]32)c1. The highest BCUT2D eigenvalue weighted by atomic mass is 16.5. The summed E-state index contributed by atoms with van der Waals surface area (Å²) < 4.78 is 5.69. The van der Waals surface area contributed by atoms with E-state index in [2.05, 4.69) is 0 Å². The molecule has 1 aliphatic heterocycles. The molecule has 0 bridgehead atoms. The Bertz CT molecular complexity index is 697. The van der Waals surface area contributed by atoms with Crippen LogP contribution in [0.15, 0.2) is 36.4 Å². The molecule has 2 atom stereocenters. The number of carbonyl (C=O) groups is 3. The molecule has 0 spiro atoms. The minimum atomic E-state index is -0.232. The fourth-order valence-electron chi connectivity index (χ4n) is 3.77. The number of amides is 1. The maximum atomic E-state index is 12.9. The molecule has 0 aromatic heterocycles. The van der Waals surface area contributed by atoms with Crippen LogP contribution in [-0.4, -0.2) is 35.2 Å². The lowest BCUT2D eigenvalue weighted by Gasteiger charge is -2.33. The zero-order valence-corrected chi connectivity index (χ0v) is 14.9. The van der Waals surface area contributed by atoms with E-state index in [1.54, 1.807) is 6.07 Å². The quantitative estimate of drug-likeness (QED) is 0.473. The van der Waals surface area contributed by atoms with E-state index in [1.807, 2.05) is 35.3 Å². The molecule has 1 aliphatic carbocycles. The van der Waals surface area contributed by atoms with Crippen LogP contribution in [0.3, 0.4) is 0 Å². The van der Waals surface area contributed by atoms with Gasteiger partial charge in [0.25, 0.3) is 0 Å². The summed E-state index contributed by atoms with van der Waals surface area (Å²) in [4.78, 5) is 37.9. The number of fused-ring (bicyclic) bond motifs is 1. The van der Waals surface area contributed by atoms with Crippen molar-refractivity contribution >= 4 is 18.2 Å². The molecule has 1 fully saturated rings. The van der Waals surface area contributed by atoms with Crippen molar-refractivity contribution in [3.63, 3.8) is 0 Å². The van der Waals surface area contributed by atoms with E-state index in [-0.39, 0.29) is 24.0 Å². The van der Waals surface area contributed by atoms with Crippen LogP contribution in [0.5, 0.6) is 0 Å². The van der Waals surface area contributed by atoms with Crippen molar-refractivity contribution in [2.75, 3.05) is 0 Å². The van der Waals surface area contributed by atoms with E-state index in [4.69, 9.17) is 4.74 Å². The first-order valence-electron chi connectivity index (χ1n) is 9.35. The monoisotopic (exact) mass is 355 g/mol. The summed E-state index contributed by atoms with van der Waals surface area (Å²) in [6.45, 7) is 0.433. The highest BCUT2D eigenvalue weighted by molar-refractivity contribution is 5.78. The van der Waals surface area contributed by atoms with E-state index in [1.165, 1.54) is 0 Å². The van der Waals surface area contributed by atoms with Crippen molar-refractivity contribution in [2.24, 2.45) is 0 Å². The van der Waals surface area contributed by atoms with E-state index < -0.39 is 0 Å². The summed E-state index contributed by atoms with van der Waals surface area (Å²) in [6, 6.07) is 7.22. The highest BCUT2D eigenvalue weighted by Gasteiger charge is 2.37. The van der Waals surface area contributed by atoms with Crippen LogP contribution < -0.4 is 0 Å². The van der Waals surface area contributed by atoms with Crippen molar-refractivity contribution in [3.05, 3.63) is 47.5 Å². The van der Waals surface area contributed by atoms with Crippen LogP contribution in [0.4, 0.5) is 0 Å². The van der Waals surface area contributed by atoms with Gasteiger partial charge in [-0.2, -0.15) is 0 Å².